The smallest absolute Gasteiger partial charge is 0.276 e. The fraction of sp³-hybridized carbons (Fsp3) is 0.238. The average Bonchev–Trinajstić information content (AvgIpc) is 3.53. The van der Waals surface area contributed by atoms with E-state index in [2.05, 4.69) is 21.0 Å². The van der Waals surface area contributed by atoms with Gasteiger partial charge < -0.3 is 9.30 Å². The number of rotatable bonds is 8. The van der Waals surface area contributed by atoms with E-state index in [1.165, 1.54) is 11.8 Å². The predicted molar refractivity (Wildman–Crippen MR) is 113 cm³/mol. The van der Waals surface area contributed by atoms with Crippen molar-refractivity contribution in [3.63, 3.8) is 0 Å². The number of nitrogens with one attached hydrogen (secondary N) is 2. The molecule has 30 heavy (non-hydrogen) atoms. The number of benzene rings is 2. The van der Waals surface area contributed by atoms with E-state index in [4.69, 9.17) is 4.74 Å². The number of hydrazine groups is 1. The van der Waals surface area contributed by atoms with Crippen LogP contribution in [-0.4, -0.2) is 38.9 Å². The number of amides is 2. The summed E-state index contributed by atoms with van der Waals surface area (Å²) >= 11 is 1.29. The van der Waals surface area contributed by atoms with Gasteiger partial charge in [0.1, 0.15) is 12.1 Å². The van der Waals surface area contributed by atoms with E-state index < -0.39 is 5.91 Å². The maximum Gasteiger partial charge on any atom is 0.276 e. The SMILES string of the molecule is O=C(COc1ccccc1-c1ccccc1)NNC(=O)CSc1nncn1C1CC1. The second-order valence-electron chi connectivity index (χ2n) is 6.79. The van der Waals surface area contributed by atoms with Crippen LogP contribution < -0.4 is 15.6 Å². The highest BCUT2D eigenvalue weighted by Gasteiger charge is 2.26. The number of ether oxygens (including phenoxy) is 1. The molecule has 0 unspecified atom stereocenters. The Hall–Kier alpha value is -3.33. The van der Waals surface area contributed by atoms with Crippen LogP contribution in [0, 0.1) is 0 Å². The highest BCUT2D eigenvalue weighted by Crippen LogP contribution is 2.37. The van der Waals surface area contributed by atoms with Crippen LogP contribution in [0.4, 0.5) is 0 Å². The van der Waals surface area contributed by atoms with Crippen molar-refractivity contribution < 1.29 is 14.3 Å². The van der Waals surface area contributed by atoms with Crippen molar-refractivity contribution in [1.29, 1.82) is 0 Å². The molecule has 0 spiro atoms. The van der Waals surface area contributed by atoms with Gasteiger partial charge in [0.2, 0.25) is 5.91 Å². The zero-order valence-electron chi connectivity index (χ0n) is 16.2. The topological polar surface area (TPSA) is 98.1 Å². The third-order valence-electron chi connectivity index (χ3n) is 4.48. The number of thioether (sulfide) groups is 1. The van der Waals surface area contributed by atoms with Crippen LogP contribution in [0.5, 0.6) is 5.75 Å². The fourth-order valence-corrected chi connectivity index (χ4v) is 3.65. The second-order valence-corrected chi connectivity index (χ2v) is 7.73. The molecule has 1 aliphatic rings. The number of hydrogen-bond donors (Lipinski definition) is 2. The molecule has 154 valence electrons. The summed E-state index contributed by atoms with van der Waals surface area (Å²) in [4.78, 5) is 24.1. The monoisotopic (exact) mass is 423 g/mol. The zero-order valence-corrected chi connectivity index (χ0v) is 17.0. The Bertz CT molecular complexity index is 1020. The molecule has 4 rings (SSSR count). The van der Waals surface area contributed by atoms with Gasteiger partial charge in [0.05, 0.1) is 5.75 Å². The Balaban J connectivity index is 1.23. The minimum Gasteiger partial charge on any atom is -0.483 e. The highest BCUT2D eigenvalue weighted by atomic mass is 32.2. The first-order chi connectivity index (χ1) is 14.7. The maximum atomic E-state index is 12.1. The Labute approximate surface area is 178 Å². The van der Waals surface area contributed by atoms with E-state index >= 15 is 0 Å². The Morgan fingerprint density at radius 2 is 1.77 bits per heavy atom. The molecule has 2 aromatic carbocycles. The van der Waals surface area contributed by atoms with Crippen LogP contribution in [-0.2, 0) is 9.59 Å². The molecule has 9 heteroatoms. The number of carbonyl (C=O) groups excluding carboxylic acids is 2. The lowest BCUT2D eigenvalue weighted by molar-refractivity contribution is -0.128. The first-order valence-electron chi connectivity index (χ1n) is 9.58. The summed E-state index contributed by atoms with van der Waals surface area (Å²) in [5.74, 6) is -0.0514. The highest BCUT2D eigenvalue weighted by molar-refractivity contribution is 7.99. The van der Waals surface area contributed by atoms with Crippen molar-refractivity contribution in [1.82, 2.24) is 25.6 Å². The lowest BCUT2D eigenvalue weighted by atomic mass is 10.1. The fourth-order valence-electron chi connectivity index (χ4n) is 2.87. The van der Waals surface area contributed by atoms with Crippen molar-refractivity contribution in [3.05, 3.63) is 60.9 Å². The normalized spacial score (nSPS) is 12.9. The summed E-state index contributed by atoms with van der Waals surface area (Å²) in [5, 5.41) is 8.63. The molecule has 8 nitrogen and oxygen atoms in total. The van der Waals surface area contributed by atoms with Crippen molar-refractivity contribution in [2.45, 2.75) is 24.0 Å². The van der Waals surface area contributed by atoms with Crippen LogP contribution in [0.15, 0.2) is 66.1 Å². The molecule has 0 radical (unpaired) electrons. The molecule has 2 amide bonds. The Morgan fingerprint density at radius 1 is 1.03 bits per heavy atom. The molecule has 1 aromatic heterocycles. The quantitative estimate of drug-likeness (QED) is 0.427. The molecular formula is C21H21N5O3S. The summed E-state index contributed by atoms with van der Waals surface area (Å²) in [6, 6.07) is 17.7. The maximum absolute atomic E-state index is 12.1. The molecule has 0 atom stereocenters. The minimum atomic E-state index is -0.447. The summed E-state index contributed by atoms with van der Waals surface area (Å²) in [7, 11) is 0. The van der Waals surface area contributed by atoms with Gasteiger partial charge in [-0.1, -0.05) is 60.3 Å². The van der Waals surface area contributed by atoms with Crippen LogP contribution in [0.1, 0.15) is 18.9 Å². The van der Waals surface area contributed by atoms with E-state index in [1.807, 2.05) is 53.1 Å². The van der Waals surface area contributed by atoms with Gasteiger partial charge in [-0.2, -0.15) is 0 Å². The van der Waals surface area contributed by atoms with E-state index in [1.54, 1.807) is 12.4 Å². The standard InChI is InChI=1S/C21H21N5O3S/c27-19(12-29-18-9-5-4-8-17(18)15-6-2-1-3-7-15)23-24-20(28)13-30-21-25-22-14-26(21)16-10-11-16/h1-9,14,16H,10-13H2,(H,23,27)(H,24,28). The third kappa shape index (κ3) is 5.18. The summed E-state index contributed by atoms with van der Waals surface area (Å²) in [6.45, 7) is -0.215. The summed E-state index contributed by atoms with van der Waals surface area (Å²) in [6.07, 6.45) is 3.91. The predicted octanol–water partition coefficient (Wildman–Crippen LogP) is 2.60. The largest absolute Gasteiger partial charge is 0.483 e. The molecule has 1 heterocycles. The molecule has 1 fully saturated rings. The first-order valence-corrected chi connectivity index (χ1v) is 10.6. The van der Waals surface area contributed by atoms with E-state index in [9.17, 15) is 9.59 Å². The van der Waals surface area contributed by atoms with Crippen LogP contribution >= 0.6 is 11.8 Å². The van der Waals surface area contributed by atoms with Crippen molar-refractivity contribution >= 4 is 23.6 Å². The van der Waals surface area contributed by atoms with Gasteiger partial charge in [0.25, 0.3) is 5.91 Å². The number of para-hydroxylation sites is 1. The van der Waals surface area contributed by atoms with Gasteiger partial charge in [-0.05, 0) is 24.5 Å². The molecule has 0 saturated heterocycles. The average molecular weight is 423 g/mol. The second kappa shape index (κ2) is 9.45. The lowest BCUT2D eigenvalue weighted by Crippen LogP contribution is -2.44. The third-order valence-corrected chi connectivity index (χ3v) is 5.44. The lowest BCUT2D eigenvalue weighted by Gasteiger charge is -2.12. The van der Waals surface area contributed by atoms with Gasteiger partial charge in [-0.25, -0.2) is 0 Å². The van der Waals surface area contributed by atoms with Crippen molar-refractivity contribution in [3.8, 4) is 16.9 Å². The molecule has 3 aromatic rings. The number of nitrogens with zero attached hydrogens (tertiary/aromatic N) is 3. The molecular weight excluding hydrogens is 402 g/mol. The molecule has 2 N–H and O–H groups in total. The van der Waals surface area contributed by atoms with E-state index in [0.717, 1.165) is 24.0 Å². The Morgan fingerprint density at radius 3 is 2.57 bits per heavy atom. The van der Waals surface area contributed by atoms with Gasteiger partial charge in [0.15, 0.2) is 11.8 Å². The number of aromatic nitrogens is 3. The van der Waals surface area contributed by atoms with Gasteiger partial charge in [0, 0.05) is 11.6 Å². The van der Waals surface area contributed by atoms with E-state index in [-0.39, 0.29) is 18.3 Å². The van der Waals surface area contributed by atoms with Gasteiger partial charge in [-0.15, -0.1) is 10.2 Å². The van der Waals surface area contributed by atoms with Gasteiger partial charge >= 0.3 is 0 Å². The summed E-state index contributed by atoms with van der Waals surface area (Å²) < 4.78 is 7.64. The molecule has 0 bridgehead atoms. The molecule has 1 aliphatic carbocycles. The molecule has 1 saturated carbocycles. The Kier molecular flexibility index (Phi) is 6.29. The number of carbonyl (C=O) groups is 2. The van der Waals surface area contributed by atoms with Gasteiger partial charge in [-0.3, -0.25) is 20.4 Å². The van der Waals surface area contributed by atoms with Crippen LogP contribution in [0.2, 0.25) is 0 Å². The van der Waals surface area contributed by atoms with Crippen LogP contribution in [0.25, 0.3) is 11.1 Å². The summed E-state index contributed by atoms with van der Waals surface area (Å²) in [5.41, 5.74) is 6.66. The van der Waals surface area contributed by atoms with Crippen LogP contribution in [0.3, 0.4) is 0 Å². The number of hydrogen-bond acceptors (Lipinski definition) is 6. The zero-order chi connectivity index (χ0) is 20.8. The minimum absolute atomic E-state index is 0.128. The van der Waals surface area contributed by atoms with Crippen molar-refractivity contribution in [2.75, 3.05) is 12.4 Å². The van der Waals surface area contributed by atoms with Crippen molar-refractivity contribution in [2.24, 2.45) is 0 Å². The molecule has 0 aliphatic heterocycles. The van der Waals surface area contributed by atoms with E-state index in [0.29, 0.717) is 16.9 Å². The first kappa shape index (κ1) is 20.0.